The Hall–Kier alpha value is -1.16. The third-order valence-electron chi connectivity index (χ3n) is 3.10. The van der Waals surface area contributed by atoms with E-state index in [-0.39, 0.29) is 0 Å². The SMILES string of the molecule is CC(C)N(CC1CC1)c1ccnc(C(N)=S)c1. The molecular weight excluding hydrogens is 230 g/mol. The molecule has 0 radical (unpaired) electrons. The first-order chi connectivity index (χ1) is 8.08. The van der Waals surface area contributed by atoms with Crippen molar-refractivity contribution in [3.63, 3.8) is 0 Å². The van der Waals surface area contributed by atoms with Gasteiger partial charge in [-0.05, 0) is 44.7 Å². The maximum atomic E-state index is 5.62. The predicted molar refractivity (Wildman–Crippen MR) is 75.3 cm³/mol. The van der Waals surface area contributed by atoms with Crippen molar-refractivity contribution in [3.05, 3.63) is 24.0 Å². The molecule has 0 bridgehead atoms. The van der Waals surface area contributed by atoms with Gasteiger partial charge in [0.15, 0.2) is 0 Å². The minimum atomic E-state index is 0.363. The normalized spacial score (nSPS) is 15.0. The van der Waals surface area contributed by atoms with E-state index in [0.29, 0.717) is 16.7 Å². The molecule has 1 aromatic rings. The molecule has 0 saturated heterocycles. The van der Waals surface area contributed by atoms with Crippen LogP contribution in [0.5, 0.6) is 0 Å². The van der Waals surface area contributed by atoms with Gasteiger partial charge in [-0.3, -0.25) is 4.98 Å². The first kappa shape index (κ1) is 12.3. The Labute approximate surface area is 108 Å². The lowest BCUT2D eigenvalue weighted by molar-refractivity contribution is 0.644. The van der Waals surface area contributed by atoms with Crippen molar-refractivity contribution in [3.8, 4) is 0 Å². The van der Waals surface area contributed by atoms with Crippen LogP contribution in [-0.4, -0.2) is 22.6 Å². The van der Waals surface area contributed by atoms with Gasteiger partial charge in [-0.25, -0.2) is 0 Å². The second-order valence-corrected chi connectivity index (χ2v) is 5.39. The van der Waals surface area contributed by atoms with Gasteiger partial charge in [0.1, 0.15) is 4.99 Å². The lowest BCUT2D eigenvalue weighted by atomic mass is 10.2. The third kappa shape index (κ3) is 3.16. The minimum absolute atomic E-state index is 0.363. The molecule has 2 N–H and O–H groups in total. The van der Waals surface area contributed by atoms with Crippen LogP contribution in [0.1, 0.15) is 32.4 Å². The molecule has 1 fully saturated rings. The van der Waals surface area contributed by atoms with E-state index >= 15 is 0 Å². The van der Waals surface area contributed by atoms with Crippen molar-refractivity contribution in [1.82, 2.24) is 4.98 Å². The summed E-state index contributed by atoms with van der Waals surface area (Å²) in [6.45, 7) is 5.55. The largest absolute Gasteiger partial charge is 0.388 e. The molecule has 92 valence electrons. The van der Waals surface area contributed by atoms with Gasteiger partial charge >= 0.3 is 0 Å². The number of thiocarbonyl (C=S) groups is 1. The number of nitrogens with zero attached hydrogens (tertiary/aromatic N) is 2. The van der Waals surface area contributed by atoms with Crippen molar-refractivity contribution in [1.29, 1.82) is 0 Å². The summed E-state index contributed by atoms with van der Waals surface area (Å²) in [5.74, 6) is 0.860. The first-order valence-corrected chi connectivity index (χ1v) is 6.51. The Morgan fingerprint density at radius 3 is 2.82 bits per heavy atom. The zero-order valence-corrected chi connectivity index (χ0v) is 11.2. The van der Waals surface area contributed by atoms with Crippen LogP contribution in [0.2, 0.25) is 0 Å². The van der Waals surface area contributed by atoms with Crippen LogP contribution in [0, 0.1) is 5.92 Å². The zero-order chi connectivity index (χ0) is 12.4. The van der Waals surface area contributed by atoms with Crippen molar-refractivity contribution in [2.45, 2.75) is 32.7 Å². The van der Waals surface area contributed by atoms with Crippen LogP contribution in [-0.2, 0) is 0 Å². The smallest absolute Gasteiger partial charge is 0.122 e. The molecule has 0 aromatic carbocycles. The number of pyridine rings is 1. The molecule has 0 atom stereocenters. The highest BCUT2D eigenvalue weighted by Crippen LogP contribution is 2.32. The molecule has 1 heterocycles. The Morgan fingerprint density at radius 1 is 1.59 bits per heavy atom. The van der Waals surface area contributed by atoms with Crippen LogP contribution >= 0.6 is 12.2 Å². The van der Waals surface area contributed by atoms with Crippen molar-refractivity contribution in [2.75, 3.05) is 11.4 Å². The van der Waals surface area contributed by atoms with E-state index in [1.54, 1.807) is 6.20 Å². The lowest BCUT2D eigenvalue weighted by Gasteiger charge is -2.29. The van der Waals surface area contributed by atoms with Crippen molar-refractivity contribution >= 4 is 22.9 Å². The van der Waals surface area contributed by atoms with Gasteiger partial charge in [0.25, 0.3) is 0 Å². The van der Waals surface area contributed by atoms with Crippen LogP contribution < -0.4 is 10.6 Å². The molecule has 4 heteroatoms. The number of nitrogens with two attached hydrogens (primary N) is 1. The van der Waals surface area contributed by atoms with Crippen molar-refractivity contribution in [2.24, 2.45) is 11.7 Å². The average Bonchev–Trinajstić information content (AvgIpc) is 3.09. The summed E-state index contributed by atoms with van der Waals surface area (Å²) in [6.07, 6.45) is 4.50. The van der Waals surface area contributed by atoms with E-state index in [9.17, 15) is 0 Å². The Balaban J connectivity index is 2.21. The molecule has 0 amide bonds. The summed E-state index contributed by atoms with van der Waals surface area (Å²) in [7, 11) is 0. The molecule has 0 spiro atoms. The molecule has 3 nitrogen and oxygen atoms in total. The summed E-state index contributed by atoms with van der Waals surface area (Å²) in [4.78, 5) is 6.95. The van der Waals surface area contributed by atoms with Crippen LogP contribution in [0.3, 0.4) is 0 Å². The van der Waals surface area contributed by atoms with Gasteiger partial charge in [0.05, 0.1) is 5.69 Å². The maximum Gasteiger partial charge on any atom is 0.122 e. The fraction of sp³-hybridized carbons (Fsp3) is 0.538. The second kappa shape index (κ2) is 5.00. The molecule has 1 aliphatic rings. The van der Waals surface area contributed by atoms with E-state index in [4.69, 9.17) is 18.0 Å². The van der Waals surface area contributed by atoms with E-state index in [1.807, 2.05) is 12.1 Å². The van der Waals surface area contributed by atoms with Gasteiger partial charge < -0.3 is 10.6 Å². The average molecular weight is 249 g/mol. The molecule has 2 rings (SSSR count). The molecular formula is C13H19N3S. The standard InChI is InChI=1S/C13H19N3S/c1-9(2)16(8-10-3-4-10)11-5-6-15-12(7-11)13(14)17/h5-7,9-10H,3-4,8H2,1-2H3,(H2,14,17). The molecule has 1 aliphatic carbocycles. The summed E-state index contributed by atoms with van der Waals surface area (Å²) in [5, 5.41) is 0. The van der Waals surface area contributed by atoms with Crippen LogP contribution in [0.25, 0.3) is 0 Å². The first-order valence-electron chi connectivity index (χ1n) is 6.10. The van der Waals surface area contributed by atoms with Gasteiger partial charge in [-0.1, -0.05) is 12.2 Å². The molecule has 0 unspecified atom stereocenters. The summed E-state index contributed by atoms with van der Waals surface area (Å²) in [6, 6.07) is 4.51. The van der Waals surface area contributed by atoms with Gasteiger partial charge in [0, 0.05) is 24.5 Å². The van der Waals surface area contributed by atoms with Gasteiger partial charge in [-0.2, -0.15) is 0 Å². The predicted octanol–water partition coefficient (Wildman–Crippen LogP) is 2.34. The summed E-state index contributed by atoms with van der Waals surface area (Å²) < 4.78 is 0. The quantitative estimate of drug-likeness (QED) is 0.813. The number of rotatable bonds is 5. The highest BCUT2D eigenvalue weighted by molar-refractivity contribution is 7.80. The minimum Gasteiger partial charge on any atom is -0.388 e. The number of hydrogen-bond donors (Lipinski definition) is 1. The lowest BCUT2D eigenvalue weighted by Crippen LogP contribution is -2.33. The Morgan fingerprint density at radius 2 is 2.29 bits per heavy atom. The highest BCUT2D eigenvalue weighted by Gasteiger charge is 2.25. The molecule has 1 aromatic heterocycles. The summed E-state index contributed by atoms with van der Waals surface area (Å²) >= 11 is 4.97. The third-order valence-corrected chi connectivity index (χ3v) is 3.31. The Kier molecular flexibility index (Phi) is 3.62. The molecule has 17 heavy (non-hydrogen) atoms. The molecule has 1 saturated carbocycles. The Bertz CT molecular complexity index is 413. The number of anilines is 1. The number of aromatic nitrogens is 1. The molecule has 0 aliphatic heterocycles. The van der Waals surface area contributed by atoms with Crippen LogP contribution in [0.4, 0.5) is 5.69 Å². The second-order valence-electron chi connectivity index (χ2n) is 4.95. The summed E-state index contributed by atoms with van der Waals surface area (Å²) in [5.41, 5.74) is 7.50. The van der Waals surface area contributed by atoms with Crippen molar-refractivity contribution < 1.29 is 0 Å². The highest BCUT2D eigenvalue weighted by atomic mass is 32.1. The van der Waals surface area contributed by atoms with E-state index in [2.05, 4.69) is 23.7 Å². The maximum absolute atomic E-state index is 5.62. The van der Waals surface area contributed by atoms with E-state index in [0.717, 1.165) is 12.5 Å². The fourth-order valence-electron chi connectivity index (χ4n) is 1.93. The monoisotopic (exact) mass is 249 g/mol. The topological polar surface area (TPSA) is 42.2 Å². The van der Waals surface area contributed by atoms with Gasteiger partial charge in [-0.15, -0.1) is 0 Å². The van der Waals surface area contributed by atoms with E-state index in [1.165, 1.54) is 18.5 Å². The fourth-order valence-corrected chi connectivity index (χ4v) is 2.04. The van der Waals surface area contributed by atoms with Gasteiger partial charge in [0.2, 0.25) is 0 Å². The zero-order valence-electron chi connectivity index (χ0n) is 10.4. The number of hydrogen-bond acceptors (Lipinski definition) is 3. The van der Waals surface area contributed by atoms with Crippen LogP contribution in [0.15, 0.2) is 18.3 Å². The van der Waals surface area contributed by atoms with E-state index < -0.39 is 0 Å².